The lowest BCUT2D eigenvalue weighted by Crippen LogP contribution is -2.31. The number of rotatable bonds is 8. The maximum Gasteiger partial charge on any atom is 0.273 e. The Bertz CT molecular complexity index is 1050. The third-order valence-corrected chi connectivity index (χ3v) is 5.39. The van der Waals surface area contributed by atoms with Crippen LogP contribution >= 0.6 is 0 Å². The summed E-state index contributed by atoms with van der Waals surface area (Å²) in [5.74, 6) is 1.40. The predicted octanol–water partition coefficient (Wildman–Crippen LogP) is 3.68. The summed E-state index contributed by atoms with van der Waals surface area (Å²) in [6, 6.07) is 15.2. The van der Waals surface area contributed by atoms with Crippen molar-refractivity contribution in [3.63, 3.8) is 0 Å². The van der Waals surface area contributed by atoms with E-state index in [-0.39, 0.29) is 11.9 Å². The fraction of sp³-hybridized carbons (Fsp3) is 0.304. The van der Waals surface area contributed by atoms with Crippen LogP contribution in [0.3, 0.4) is 0 Å². The molecule has 0 radical (unpaired) electrons. The molecule has 0 bridgehead atoms. The Labute approximate surface area is 175 Å². The number of nitrogens with zero attached hydrogens (tertiary/aromatic N) is 2. The molecule has 4 rings (SSSR count). The second kappa shape index (κ2) is 8.59. The number of ether oxygens (including phenoxy) is 3. The van der Waals surface area contributed by atoms with E-state index in [0.29, 0.717) is 18.8 Å². The van der Waals surface area contributed by atoms with Crippen LogP contribution in [0.1, 0.15) is 34.1 Å². The molecule has 3 aromatic rings. The first kappa shape index (κ1) is 20.0. The molecule has 2 heterocycles. The van der Waals surface area contributed by atoms with Crippen molar-refractivity contribution >= 4 is 5.91 Å². The number of fused-ring (bicyclic) bond motifs is 1. The molecule has 2 aromatic carbocycles. The average molecular weight is 407 g/mol. The molecule has 7 heteroatoms. The molecule has 1 unspecified atom stereocenters. The molecule has 1 amide bonds. The van der Waals surface area contributed by atoms with Gasteiger partial charge in [0.05, 0.1) is 26.0 Å². The van der Waals surface area contributed by atoms with Gasteiger partial charge in [-0.15, -0.1) is 0 Å². The molecule has 1 aliphatic heterocycles. The number of aromatic nitrogens is 2. The van der Waals surface area contributed by atoms with E-state index < -0.39 is 0 Å². The fourth-order valence-corrected chi connectivity index (χ4v) is 4.01. The van der Waals surface area contributed by atoms with Gasteiger partial charge in [0.1, 0.15) is 17.2 Å². The smallest absolute Gasteiger partial charge is 0.273 e. The van der Waals surface area contributed by atoms with Gasteiger partial charge in [-0.05, 0) is 24.6 Å². The minimum Gasteiger partial charge on any atom is -0.497 e. The molecule has 0 fully saturated rings. The zero-order valence-corrected chi connectivity index (χ0v) is 17.3. The lowest BCUT2D eigenvalue weighted by Gasteiger charge is -2.27. The van der Waals surface area contributed by atoms with E-state index in [4.69, 9.17) is 14.2 Å². The maximum atomic E-state index is 13.3. The summed E-state index contributed by atoms with van der Waals surface area (Å²) in [7, 11) is 4.94. The van der Waals surface area contributed by atoms with Crippen molar-refractivity contribution in [2.75, 3.05) is 34.5 Å². The highest BCUT2D eigenvalue weighted by Gasteiger charge is 2.42. The van der Waals surface area contributed by atoms with E-state index in [9.17, 15) is 4.79 Å². The molecule has 30 heavy (non-hydrogen) atoms. The molecule has 1 N–H and O–H groups in total. The fourth-order valence-electron chi connectivity index (χ4n) is 4.01. The lowest BCUT2D eigenvalue weighted by atomic mass is 9.95. The molecule has 0 saturated carbocycles. The molecule has 7 nitrogen and oxygen atoms in total. The zero-order valence-electron chi connectivity index (χ0n) is 17.3. The molecular formula is C23H25N3O4. The van der Waals surface area contributed by atoms with Crippen molar-refractivity contribution < 1.29 is 19.0 Å². The normalized spacial score (nSPS) is 15.4. The van der Waals surface area contributed by atoms with Crippen LogP contribution < -0.4 is 9.47 Å². The number of nitrogens with one attached hydrogen (secondary N) is 1. The Morgan fingerprint density at radius 1 is 1.07 bits per heavy atom. The summed E-state index contributed by atoms with van der Waals surface area (Å²) in [6.07, 6.45) is 0.736. The van der Waals surface area contributed by atoms with Crippen molar-refractivity contribution in [2.45, 2.75) is 12.5 Å². The summed E-state index contributed by atoms with van der Waals surface area (Å²) in [4.78, 5) is 15.2. The largest absolute Gasteiger partial charge is 0.497 e. The topological polar surface area (TPSA) is 76.7 Å². The highest BCUT2D eigenvalue weighted by atomic mass is 16.5. The number of benzene rings is 2. The number of hydrogen-bond donors (Lipinski definition) is 1. The van der Waals surface area contributed by atoms with Gasteiger partial charge in [0, 0.05) is 37.0 Å². The summed E-state index contributed by atoms with van der Waals surface area (Å²) >= 11 is 0. The number of carbonyl (C=O) groups excluding carboxylic acids is 1. The average Bonchev–Trinajstić information content (AvgIpc) is 3.33. The van der Waals surface area contributed by atoms with E-state index in [1.54, 1.807) is 21.3 Å². The number of methoxy groups -OCH3 is 3. The predicted molar refractivity (Wildman–Crippen MR) is 113 cm³/mol. The molecule has 0 aliphatic carbocycles. The van der Waals surface area contributed by atoms with Crippen molar-refractivity contribution in [3.8, 4) is 22.8 Å². The molecule has 1 atom stereocenters. The van der Waals surface area contributed by atoms with E-state index in [0.717, 1.165) is 40.3 Å². The first-order valence-electron chi connectivity index (χ1n) is 9.85. The molecule has 0 saturated heterocycles. The van der Waals surface area contributed by atoms with E-state index in [1.807, 2.05) is 53.4 Å². The van der Waals surface area contributed by atoms with E-state index in [1.165, 1.54) is 0 Å². The van der Waals surface area contributed by atoms with Crippen molar-refractivity contribution in [1.82, 2.24) is 15.1 Å². The third kappa shape index (κ3) is 3.41. The summed E-state index contributed by atoms with van der Waals surface area (Å²) in [5, 5.41) is 7.48. The molecule has 156 valence electrons. The van der Waals surface area contributed by atoms with Crippen LogP contribution in [0.4, 0.5) is 0 Å². The van der Waals surface area contributed by atoms with Crippen LogP contribution in [-0.4, -0.2) is 55.5 Å². The molecule has 1 aliphatic rings. The Balaban J connectivity index is 1.85. The molecule has 1 aromatic heterocycles. The van der Waals surface area contributed by atoms with Crippen molar-refractivity contribution in [2.24, 2.45) is 0 Å². The van der Waals surface area contributed by atoms with E-state index >= 15 is 0 Å². The zero-order chi connectivity index (χ0) is 21.1. The minimum atomic E-state index is -0.305. The number of H-pyrrole nitrogens is 1. The SMILES string of the molecule is COCCCN1C(=O)c2[nH]nc(-c3cccc(OC)c3)c2C1c1ccccc1OC. The molecular weight excluding hydrogens is 382 g/mol. The first-order valence-corrected chi connectivity index (χ1v) is 9.85. The quantitative estimate of drug-likeness (QED) is 0.577. The first-order chi connectivity index (χ1) is 14.7. The van der Waals surface area contributed by atoms with E-state index in [2.05, 4.69) is 10.2 Å². The standard InChI is InChI=1S/C23H25N3O4/c1-28-13-7-12-26-22(17-10-4-5-11-18(17)30-3)19-20(24-25-21(19)23(26)27)15-8-6-9-16(14-15)29-2/h4-6,8-11,14,22H,7,12-13H2,1-3H3,(H,24,25). The number of amides is 1. The third-order valence-electron chi connectivity index (χ3n) is 5.39. The summed E-state index contributed by atoms with van der Waals surface area (Å²) in [5.41, 5.74) is 3.92. The highest BCUT2D eigenvalue weighted by Crippen LogP contribution is 2.45. The van der Waals surface area contributed by atoms with Crippen LogP contribution in [-0.2, 0) is 4.74 Å². The number of para-hydroxylation sites is 1. The maximum absolute atomic E-state index is 13.3. The number of aromatic amines is 1. The van der Waals surface area contributed by atoms with Gasteiger partial charge in [0.2, 0.25) is 0 Å². The van der Waals surface area contributed by atoms with Gasteiger partial charge in [0.25, 0.3) is 5.91 Å². The Morgan fingerprint density at radius 3 is 2.67 bits per heavy atom. The van der Waals surface area contributed by atoms with Crippen LogP contribution in [0.2, 0.25) is 0 Å². The van der Waals surface area contributed by atoms with Crippen LogP contribution in [0.15, 0.2) is 48.5 Å². The summed E-state index contributed by atoms with van der Waals surface area (Å²) in [6.45, 7) is 1.15. The summed E-state index contributed by atoms with van der Waals surface area (Å²) < 4.78 is 16.2. The van der Waals surface area contributed by atoms with Gasteiger partial charge >= 0.3 is 0 Å². The number of carbonyl (C=O) groups is 1. The highest BCUT2D eigenvalue weighted by molar-refractivity contribution is 6.00. The van der Waals surface area contributed by atoms with Gasteiger partial charge in [0.15, 0.2) is 0 Å². The minimum absolute atomic E-state index is 0.0707. The van der Waals surface area contributed by atoms with Gasteiger partial charge in [-0.3, -0.25) is 9.89 Å². The Kier molecular flexibility index (Phi) is 5.72. The Morgan fingerprint density at radius 2 is 1.90 bits per heavy atom. The monoisotopic (exact) mass is 407 g/mol. The van der Waals surface area contributed by atoms with Crippen LogP contribution in [0, 0.1) is 0 Å². The van der Waals surface area contributed by atoms with Crippen LogP contribution in [0.25, 0.3) is 11.3 Å². The van der Waals surface area contributed by atoms with Crippen molar-refractivity contribution in [1.29, 1.82) is 0 Å². The van der Waals surface area contributed by atoms with Gasteiger partial charge in [-0.2, -0.15) is 5.10 Å². The number of hydrogen-bond acceptors (Lipinski definition) is 5. The van der Waals surface area contributed by atoms with Crippen LogP contribution in [0.5, 0.6) is 11.5 Å². The molecule has 0 spiro atoms. The van der Waals surface area contributed by atoms with Crippen molar-refractivity contribution in [3.05, 3.63) is 65.4 Å². The van der Waals surface area contributed by atoms with Gasteiger partial charge in [-0.25, -0.2) is 0 Å². The Hall–Kier alpha value is -3.32. The van der Waals surface area contributed by atoms with Gasteiger partial charge < -0.3 is 19.1 Å². The van der Waals surface area contributed by atoms with Gasteiger partial charge in [-0.1, -0.05) is 30.3 Å². The second-order valence-corrected chi connectivity index (χ2v) is 7.08. The lowest BCUT2D eigenvalue weighted by molar-refractivity contribution is 0.0722. The second-order valence-electron chi connectivity index (χ2n) is 7.08.